The maximum Gasteiger partial charge on any atom is 0.0527 e. The van der Waals surface area contributed by atoms with Gasteiger partial charge >= 0.3 is 0 Å². The zero-order chi connectivity index (χ0) is 15.6. The Morgan fingerprint density at radius 3 is 1.90 bits per heavy atom. The van der Waals surface area contributed by atoms with Crippen LogP contribution in [0.25, 0.3) is 0 Å². The van der Waals surface area contributed by atoms with Gasteiger partial charge in [0.25, 0.3) is 0 Å². The monoisotopic (exact) mass is 290 g/mol. The smallest absolute Gasteiger partial charge is 0.0527 e. The predicted octanol–water partition coefficient (Wildman–Crippen LogP) is 5.64. The van der Waals surface area contributed by atoms with Crippen molar-refractivity contribution in [2.45, 2.75) is 84.0 Å². The molecule has 0 fully saturated rings. The summed E-state index contributed by atoms with van der Waals surface area (Å²) in [4.78, 5) is 0. The third-order valence-electron chi connectivity index (χ3n) is 5.04. The van der Waals surface area contributed by atoms with Gasteiger partial charge in [-0.15, -0.1) is 0 Å². The maximum absolute atomic E-state index is 9.74. The molecule has 120 valence electrons. The van der Waals surface area contributed by atoms with Gasteiger partial charge in [-0.25, -0.2) is 0 Å². The Balaban J connectivity index is 2.46. The van der Waals surface area contributed by atoms with Crippen molar-refractivity contribution >= 4 is 0 Å². The van der Waals surface area contributed by atoms with Crippen LogP contribution in [-0.4, -0.2) is 11.7 Å². The number of rotatable bonds is 11. The molecule has 1 heteroatoms. The molecule has 1 N–H and O–H groups in total. The Kier molecular flexibility index (Phi) is 8.68. The third-order valence-corrected chi connectivity index (χ3v) is 5.04. The fourth-order valence-corrected chi connectivity index (χ4v) is 3.11. The summed E-state index contributed by atoms with van der Waals surface area (Å²) in [5, 5.41) is 9.74. The highest BCUT2D eigenvalue weighted by Crippen LogP contribution is 2.31. The Morgan fingerprint density at radius 2 is 1.38 bits per heavy atom. The van der Waals surface area contributed by atoms with E-state index in [1.54, 1.807) is 0 Å². The molecule has 0 aliphatic heterocycles. The van der Waals surface area contributed by atoms with Gasteiger partial charge < -0.3 is 5.11 Å². The minimum Gasteiger partial charge on any atom is -0.395 e. The third kappa shape index (κ3) is 5.47. The summed E-state index contributed by atoms with van der Waals surface area (Å²) in [6, 6.07) is 8.99. The minimum absolute atomic E-state index is 0.0430. The van der Waals surface area contributed by atoms with Crippen LogP contribution in [0.4, 0.5) is 0 Å². The lowest BCUT2D eigenvalue weighted by atomic mass is 9.76. The lowest BCUT2D eigenvalue weighted by molar-refractivity contribution is 0.183. The molecule has 1 aromatic carbocycles. The molecular formula is C20H34O. The molecule has 0 saturated carbocycles. The van der Waals surface area contributed by atoms with E-state index in [2.05, 4.69) is 45.0 Å². The van der Waals surface area contributed by atoms with Gasteiger partial charge in [0.1, 0.15) is 0 Å². The van der Waals surface area contributed by atoms with Crippen LogP contribution in [0.15, 0.2) is 24.3 Å². The second-order valence-corrected chi connectivity index (χ2v) is 6.36. The summed E-state index contributed by atoms with van der Waals surface area (Å²) >= 11 is 0. The van der Waals surface area contributed by atoms with Gasteiger partial charge in [0.05, 0.1) is 6.61 Å². The van der Waals surface area contributed by atoms with Crippen LogP contribution in [0.5, 0.6) is 0 Å². The van der Waals surface area contributed by atoms with Crippen molar-refractivity contribution in [1.82, 2.24) is 0 Å². The van der Waals surface area contributed by atoms with E-state index in [-0.39, 0.29) is 12.0 Å². The van der Waals surface area contributed by atoms with Crippen LogP contribution < -0.4 is 0 Å². The molecule has 0 aromatic heterocycles. The Bertz CT molecular complexity index is 354. The van der Waals surface area contributed by atoms with Crippen molar-refractivity contribution in [2.75, 3.05) is 6.61 Å². The molecule has 1 nitrogen and oxygen atoms in total. The van der Waals surface area contributed by atoms with E-state index in [9.17, 15) is 5.11 Å². The number of hydrogen-bond acceptors (Lipinski definition) is 1. The Hall–Kier alpha value is -0.820. The molecule has 0 aliphatic carbocycles. The molecule has 0 spiro atoms. The normalized spacial score (nSPS) is 11.8. The van der Waals surface area contributed by atoms with E-state index in [0.717, 1.165) is 12.8 Å². The molecular weight excluding hydrogens is 256 g/mol. The van der Waals surface area contributed by atoms with Crippen LogP contribution in [0.3, 0.4) is 0 Å². The van der Waals surface area contributed by atoms with Gasteiger partial charge in [0.15, 0.2) is 0 Å². The SMILES string of the molecule is CCCCCCCCc1ccc(C(CC)(CC)CO)cc1. The zero-order valence-corrected chi connectivity index (χ0v) is 14.3. The molecule has 0 aliphatic rings. The average Bonchev–Trinajstić information content (AvgIpc) is 2.54. The number of hydrogen-bond donors (Lipinski definition) is 1. The first-order valence-corrected chi connectivity index (χ1v) is 8.92. The summed E-state index contributed by atoms with van der Waals surface area (Å²) < 4.78 is 0. The highest BCUT2D eigenvalue weighted by Gasteiger charge is 2.27. The van der Waals surface area contributed by atoms with Crippen molar-refractivity contribution in [1.29, 1.82) is 0 Å². The van der Waals surface area contributed by atoms with E-state index >= 15 is 0 Å². The van der Waals surface area contributed by atoms with Crippen molar-refractivity contribution in [3.8, 4) is 0 Å². The molecule has 0 heterocycles. The molecule has 1 rings (SSSR count). The highest BCUT2D eigenvalue weighted by molar-refractivity contribution is 5.29. The van der Waals surface area contributed by atoms with Crippen LogP contribution in [0, 0.1) is 0 Å². The highest BCUT2D eigenvalue weighted by atomic mass is 16.3. The average molecular weight is 290 g/mol. The van der Waals surface area contributed by atoms with Gasteiger partial charge in [-0.3, -0.25) is 0 Å². The molecule has 0 saturated heterocycles. The van der Waals surface area contributed by atoms with Gasteiger partial charge in [-0.1, -0.05) is 77.1 Å². The Labute approximate surface area is 131 Å². The van der Waals surface area contributed by atoms with E-state index in [1.165, 1.54) is 56.1 Å². The molecule has 21 heavy (non-hydrogen) atoms. The molecule has 1 aromatic rings. The van der Waals surface area contributed by atoms with Crippen molar-refractivity contribution in [3.05, 3.63) is 35.4 Å². The maximum atomic E-state index is 9.74. The molecule has 0 atom stereocenters. The van der Waals surface area contributed by atoms with E-state index in [1.807, 2.05) is 0 Å². The number of aliphatic hydroxyl groups is 1. The standard InChI is InChI=1S/C20H34O/c1-4-7-8-9-10-11-12-18-13-15-19(16-14-18)20(5-2,6-3)17-21/h13-16,21H,4-12,17H2,1-3H3. The summed E-state index contributed by atoms with van der Waals surface area (Å²) in [5.41, 5.74) is 2.69. The van der Waals surface area contributed by atoms with Gasteiger partial charge in [0.2, 0.25) is 0 Å². The lowest BCUT2D eigenvalue weighted by Crippen LogP contribution is -2.28. The van der Waals surface area contributed by atoms with Crippen LogP contribution in [-0.2, 0) is 11.8 Å². The molecule has 0 amide bonds. The second kappa shape index (κ2) is 10.00. The van der Waals surface area contributed by atoms with Crippen molar-refractivity contribution in [2.24, 2.45) is 0 Å². The van der Waals surface area contributed by atoms with E-state index in [0.29, 0.717) is 0 Å². The number of aryl methyl sites for hydroxylation is 1. The van der Waals surface area contributed by atoms with Crippen molar-refractivity contribution in [3.63, 3.8) is 0 Å². The first-order valence-electron chi connectivity index (χ1n) is 8.92. The fourth-order valence-electron chi connectivity index (χ4n) is 3.11. The predicted molar refractivity (Wildman–Crippen MR) is 92.9 cm³/mol. The number of aliphatic hydroxyl groups excluding tert-OH is 1. The number of unbranched alkanes of at least 4 members (excludes halogenated alkanes) is 5. The van der Waals surface area contributed by atoms with Crippen LogP contribution >= 0.6 is 0 Å². The lowest BCUT2D eigenvalue weighted by Gasteiger charge is -2.30. The quantitative estimate of drug-likeness (QED) is 0.523. The molecule has 0 bridgehead atoms. The van der Waals surface area contributed by atoms with E-state index < -0.39 is 0 Å². The first kappa shape index (κ1) is 18.2. The van der Waals surface area contributed by atoms with E-state index in [4.69, 9.17) is 0 Å². The zero-order valence-electron chi connectivity index (χ0n) is 14.3. The van der Waals surface area contributed by atoms with Crippen molar-refractivity contribution < 1.29 is 5.11 Å². The fraction of sp³-hybridized carbons (Fsp3) is 0.700. The van der Waals surface area contributed by atoms with Crippen LogP contribution in [0.1, 0.15) is 83.3 Å². The first-order chi connectivity index (χ1) is 10.2. The summed E-state index contributed by atoms with van der Waals surface area (Å²) in [5.74, 6) is 0. The topological polar surface area (TPSA) is 20.2 Å². The second-order valence-electron chi connectivity index (χ2n) is 6.36. The summed E-state index contributed by atoms with van der Waals surface area (Å²) in [6.07, 6.45) is 11.3. The van der Waals surface area contributed by atoms with Gasteiger partial charge in [0, 0.05) is 5.41 Å². The molecule has 0 unspecified atom stereocenters. The number of benzene rings is 1. The van der Waals surface area contributed by atoms with Gasteiger partial charge in [-0.2, -0.15) is 0 Å². The van der Waals surface area contributed by atoms with Crippen LogP contribution in [0.2, 0.25) is 0 Å². The Morgan fingerprint density at radius 1 is 0.810 bits per heavy atom. The molecule has 0 radical (unpaired) electrons. The summed E-state index contributed by atoms with van der Waals surface area (Å²) in [7, 11) is 0. The van der Waals surface area contributed by atoms with Gasteiger partial charge in [-0.05, 0) is 36.8 Å². The summed E-state index contributed by atoms with van der Waals surface area (Å²) in [6.45, 7) is 6.85. The largest absolute Gasteiger partial charge is 0.395 e. The minimum atomic E-state index is -0.0430.